The van der Waals surface area contributed by atoms with Crippen LogP contribution >= 0.6 is 27.5 Å². The zero-order valence-corrected chi connectivity index (χ0v) is 15.7. The number of phenols is 1. The molecule has 0 bridgehead atoms. The van der Waals surface area contributed by atoms with Gasteiger partial charge in [-0.25, -0.2) is 5.43 Å². The van der Waals surface area contributed by atoms with Crippen molar-refractivity contribution < 1.29 is 19.4 Å². The van der Waals surface area contributed by atoms with Crippen molar-refractivity contribution in [3.8, 4) is 17.2 Å². The first-order valence-electron chi connectivity index (χ1n) is 7.35. The summed E-state index contributed by atoms with van der Waals surface area (Å²) in [5, 5.41) is 13.8. The molecule has 2 aromatic carbocycles. The van der Waals surface area contributed by atoms with Crippen molar-refractivity contribution in [1.29, 1.82) is 0 Å². The van der Waals surface area contributed by atoms with E-state index in [9.17, 15) is 9.90 Å². The normalized spacial score (nSPS) is 10.7. The largest absolute Gasteiger partial charge is 0.506 e. The number of benzene rings is 2. The number of amides is 1. The molecule has 1 amide bonds. The molecule has 0 aliphatic rings. The van der Waals surface area contributed by atoms with Crippen molar-refractivity contribution >= 4 is 39.7 Å². The van der Waals surface area contributed by atoms with E-state index in [4.69, 9.17) is 21.1 Å². The minimum absolute atomic E-state index is 0.121. The average molecular weight is 428 g/mol. The Morgan fingerprint density at radius 2 is 2.00 bits per heavy atom. The Kier molecular flexibility index (Phi) is 7.09. The fourth-order valence-electron chi connectivity index (χ4n) is 1.88. The van der Waals surface area contributed by atoms with Crippen LogP contribution in [-0.2, 0) is 4.79 Å². The topological polar surface area (TPSA) is 80.2 Å². The lowest BCUT2D eigenvalue weighted by Crippen LogP contribution is -2.24. The monoisotopic (exact) mass is 426 g/mol. The molecule has 0 saturated carbocycles. The standard InChI is InChI=1S/C17H16BrClN2O4/c1-2-24-14-5-3-4-6-15(14)25-10-16(22)21-20-9-11-7-12(18)8-13(19)17(11)23/h3-9,23H,2,10H2,1H3,(H,21,22). The maximum Gasteiger partial charge on any atom is 0.277 e. The molecule has 0 spiro atoms. The molecule has 0 aliphatic carbocycles. The third kappa shape index (κ3) is 5.65. The number of nitrogens with one attached hydrogen (secondary N) is 1. The van der Waals surface area contributed by atoms with Crippen LogP contribution < -0.4 is 14.9 Å². The lowest BCUT2D eigenvalue weighted by molar-refractivity contribution is -0.123. The van der Waals surface area contributed by atoms with Gasteiger partial charge in [0.2, 0.25) is 0 Å². The van der Waals surface area contributed by atoms with Crippen LogP contribution in [0.3, 0.4) is 0 Å². The maximum absolute atomic E-state index is 11.8. The summed E-state index contributed by atoms with van der Waals surface area (Å²) in [4.78, 5) is 11.8. The highest BCUT2D eigenvalue weighted by Gasteiger charge is 2.08. The summed E-state index contributed by atoms with van der Waals surface area (Å²) in [5.41, 5.74) is 2.68. The van der Waals surface area contributed by atoms with E-state index in [1.54, 1.807) is 30.3 Å². The summed E-state index contributed by atoms with van der Waals surface area (Å²) in [6.07, 6.45) is 1.29. The number of hydrogen-bond acceptors (Lipinski definition) is 5. The van der Waals surface area contributed by atoms with Crippen LogP contribution in [0.2, 0.25) is 5.02 Å². The molecule has 2 aromatic rings. The molecule has 0 unspecified atom stereocenters. The Hall–Kier alpha value is -2.25. The smallest absolute Gasteiger partial charge is 0.277 e. The molecule has 25 heavy (non-hydrogen) atoms. The molecule has 8 heteroatoms. The van der Waals surface area contributed by atoms with Gasteiger partial charge in [-0.3, -0.25) is 4.79 Å². The zero-order valence-electron chi connectivity index (χ0n) is 13.3. The number of phenolic OH excluding ortho intramolecular Hbond substituents is 1. The molecule has 0 heterocycles. The Morgan fingerprint density at radius 3 is 2.68 bits per heavy atom. The number of carbonyl (C=O) groups excluding carboxylic acids is 1. The second-order valence-electron chi connectivity index (χ2n) is 4.79. The van der Waals surface area contributed by atoms with Crippen LogP contribution in [0.4, 0.5) is 0 Å². The third-order valence-corrected chi connectivity index (χ3v) is 3.70. The van der Waals surface area contributed by atoms with Crippen molar-refractivity contribution in [2.75, 3.05) is 13.2 Å². The molecule has 0 fully saturated rings. The predicted molar refractivity (Wildman–Crippen MR) is 99.7 cm³/mol. The molecular weight excluding hydrogens is 412 g/mol. The summed E-state index contributed by atoms with van der Waals surface area (Å²) in [6, 6.07) is 10.2. The molecule has 6 nitrogen and oxygen atoms in total. The SMILES string of the molecule is CCOc1ccccc1OCC(=O)NN=Cc1cc(Br)cc(Cl)c1O. The summed E-state index contributed by atoms with van der Waals surface area (Å²) < 4.78 is 11.5. The summed E-state index contributed by atoms with van der Waals surface area (Å²) in [5.74, 6) is 0.461. The van der Waals surface area contributed by atoms with Crippen LogP contribution in [0.1, 0.15) is 12.5 Å². The van der Waals surface area contributed by atoms with Crippen LogP contribution in [0.5, 0.6) is 17.2 Å². The highest BCUT2D eigenvalue weighted by atomic mass is 79.9. The van der Waals surface area contributed by atoms with E-state index in [0.29, 0.717) is 28.1 Å². The number of aromatic hydroxyl groups is 1. The van der Waals surface area contributed by atoms with Crippen molar-refractivity contribution in [3.05, 3.63) is 51.5 Å². The quantitative estimate of drug-likeness (QED) is 0.521. The number of halogens is 2. The van der Waals surface area contributed by atoms with E-state index >= 15 is 0 Å². The Labute approximate surface area is 158 Å². The lowest BCUT2D eigenvalue weighted by atomic mass is 10.2. The molecule has 0 aromatic heterocycles. The first-order chi connectivity index (χ1) is 12.0. The van der Waals surface area contributed by atoms with Gasteiger partial charge in [0.15, 0.2) is 18.1 Å². The zero-order chi connectivity index (χ0) is 18.2. The minimum atomic E-state index is -0.455. The van der Waals surface area contributed by atoms with E-state index in [2.05, 4.69) is 26.5 Å². The van der Waals surface area contributed by atoms with Gasteiger partial charge in [0.1, 0.15) is 5.75 Å². The van der Waals surface area contributed by atoms with Crippen molar-refractivity contribution in [1.82, 2.24) is 5.43 Å². The number of carbonyl (C=O) groups is 1. The van der Waals surface area contributed by atoms with Gasteiger partial charge >= 0.3 is 0 Å². The van der Waals surface area contributed by atoms with Crippen LogP contribution in [0.25, 0.3) is 0 Å². The number of ether oxygens (including phenoxy) is 2. The van der Waals surface area contributed by atoms with E-state index in [-0.39, 0.29) is 17.4 Å². The van der Waals surface area contributed by atoms with Gasteiger partial charge in [-0.05, 0) is 31.2 Å². The van der Waals surface area contributed by atoms with Crippen molar-refractivity contribution in [2.24, 2.45) is 5.10 Å². The molecule has 2 rings (SSSR count). The second-order valence-corrected chi connectivity index (χ2v) is 6.11. The molecule has 0 radical (unpaired) electrons. The van der Waals surface area contributed by atoms with Gasteiger partial charge in [0, 0.05) is 10.0 Å². The maximum atomic E-state index is 11.8. The lowest BCUT2D eigenvalue weighted by Gasteiger charge is -2.10. The minimum Gasteiger partial charge on any atom is -0.506 e. The fraction of sp³-hybridized carbons (Fsp3) is 0.176. The summed E-state index contributed by atoms with van der Waals surface area (Å²) >= 11 is 9.12. The van der Waals surface area contributed by atoms with E-state index in [0.717, 1.165) is 0 Å². The highest BCUT2D eigenvalue weighted by molar-refractivity contribution is 9.10. The van der Waals surface area contributed by atoms with Crippen LogP contribution in [-0.4, -0.2) is 30.4 Å². The van der Waals surface area contributed by atoms with Gasteiger partial charge in [0.25, 0.3) is 5.91 Å². The molecule has 0 saturated heterocycles. The third-order valence-electron chi connectivity index (χ3n) is 2.96. The first kappa shape index (κ1) is 19.1. The average Bonchev–Trinajstić information content (AvgIpc) is 2.58. The molecule has 2 N–H and O–H groups in total. The van der Waals surface area contributed by atoms with Crippen LogP contribution in [0, 0.1) is 0 Å². The molecule has 0 atom stereocenters. The van der Waals surface area contributed by atoms with Gasteiger partial charge < -0.3 is 14.6 Å². The second kappa shape index (κ2) is 9.29. The number of hydrazone groups is 1. The predicted octanol–water partition coefficient (Wildman–Crippen LogP) is 3.74. The van der Waals surface area contributed by atoms with Gasteiger partial charge in [-0.2, -0.15) is 5.10 Å². The number of para-hydroxylation sites is 2. The van der Waals surface area contributed by atoms with E-state index < -0.39 is 5.91 Å². The van der Waals surface area contributed by atoms with E-state index in [1.165, 1.54) is 6.21 Å². The summed E-state index contributed by atoms with van der Waals surface area (Å²) in [7, 11) is 0. The number of nitrogens with zero attached hydrogens (tertiary/aromatic N) is 1. The van der Waals surface area contributed by atoms with Crippen molar-refractivity contribution in [3.63, 3.8) is 0 Å². The Morgan fingerprint density at radius 1 is 1.32 bits per heavy atom. The first-order valence-corrected chi connectivity index (χ1v) is 8.53. The van der Waals surface area contributed by atoms with Gasteiger partial charge in [0.05, 0.1) is 17.8 Å². The van der Waals surface area contributed by atoms with Gasteiger partial charge in [-0.1, -0.05) is 39.7 Å². The Bertz CT molecular complexity index is 783. The molecule has 0 aliphatic heterocycles. The fourth-order valence-corrected chi connectivity index (χ4v) is 2.71. The Balaban J connectivity index is 1.91. The van der Waals surface area contributed by atoms with E-state index in [1.807, 2.05) is 13.0 Å². The van der Waals surface area contributed by atoms with Gasteiger partial charge in [-0.15, -0.1) is 0 Å². The number of rotatable bonds is 7. The number of hydrogen-bond donors (Lipinski definition) is 2. The molecule has 132 valence electrons. The van der Waals surface area contributed by atoms with Crippen LogP contribution in [0.15, 0.2) is 46.0 Å². The molecular formula is C17H16BrClN2O4. The highest BCUT2D eigenvalue weighted by Crippen LogP contribution is 2.30. The summed E-state index contributed by atoms with van der Waals surface area (Å²) in [6.45, 7) is 2.13. The van der Waals surface area contributed by atoms with Crippen molar-refractivity contribution in [2.45, 2.75) is 6.92 Å².